The van der Waals surface area contributed by atoms with Gasteiger partial charge >= 0.3 is 36.1 Å². The maximum atomic E-state index is 12.8. The molecule has 2 aromatic carbocycles. The Morgan fingerprint density at radius 1 is 0.641 bits per heavy atom. The fourth-order valence-electron chi connectivity index (χ4n) is 2.64. The van der Waals surface area contributed by atoms with Crippen molar-refractivity contribution in [2.75, 3.05) is 33.0 Å². The fraction of sp³-hybridized carbons (Fsp3) is 0.280. The largest absolute Gasteiger partial charge is 0.460 e. The van der Waals surface area contributed by atoms with E-state index in [1.54, 1.807) is 6.92 Å². The minimum Gasteiger partial charge on any atom is -0.460 e. The molecule has 8 nitrogen and oxygen atoms in total. The fourth-order valence-corrected chi connectivity index (χ4v) is 2.64. The Morgan fingerprint density at radius 3 is 1.46 bits per heavy atom. The van der Waals surface area contributed by atoms with E-state index in [1.165, 1.54) is 24.3 Å². The Labute approximate surface area is 218 Å². The highest BCUT2D eigenvalue weighted by Gasteiger charge is 2.12. The van der Waals surface area contributed by atoms with Crippen molar-refractivity contribution in [2.24, 2.45) is 0 Å². The van der Waals surface area contributed by atoms with Crippen LogP contribution in [0.15, 0.2) is 72.7 Å². The molecule has 0 N–H and O–H groups in total. The van der Waals surface area contributed by atoms with Crippen molar-refractivity contribution < 1.29 is 64.4 Å². The number of rotatable bonds is 15. The van der Waals surface area contributed by atoms with Crippen molar-refractivity contribution in [2.45, 2.75) is 13.0 Å². The Bertz CT molecular complexity index is 1140. The zero-order valence-corrected chi connectivity index (χ0v) is 20.3. The standard InChI is InChI=1S/C25H22F6O8/c1-15(35-12-13-37-25(33)17-4-8-19(9-5-17)39-23(31)21(28)29)14-34-10-11-36-24(32)16-2-6-18(7-3-16)38-22(30)20(26)27/h2-9,15H,10-14H2,1H3. The summed E-state index contributed by atoms with van der Waals surface area (Å²) < 4.78 is 103. The van der Waals surface area contributed by atoms with Gasteiger partial charge < -0.3 is 28.4 Å². The van der Waals surface area contributed by atoms with Crippen molar-refractivity contribution in [3.63, 3.8) is 0 Å². The number of halogens is 6. The normalized spacial score (nSPS) is 11.3. The molecular formula is C25H22F6O8. The van der Waals surface area contributed by atoms with Gasteiger partial charge in [-0.3, -0.25) is 0 Å². The molecule has 0 aromatic heterocycles. The zero-order valence-electron chi connectivity index (χ0n) is 20.3. The molecule has 0 aliphatic heterocycles. The Kier molecular flexibility index (Phi) is 12.8. The van der Waals surface area contributed by atoms with E-state index in [0.717, 1.165) is 24.3 Å². The highest BCUT2D eigenvalue weighted by Crippen LogP contribution is 2.20. The maximum absolute atomic E-state index is 12.8. The van der Waals surface area contributed by atoms with Crippen LogP contribution in [0.4, 0.5) is 26.3 Å². The van der Waals surface area contributed by atoms with Crippen molar-refractivity contribution >= 4 is 11.9 Å². The average molecular weight is 564 g/mol. The first-order chi connectivity index (χ1) is 18.6. The van der Waals surface area contributed by atoms with Gasteiger partial charge in [0.2, 0.25) is 0 Å². The molecule has 14 heteroatoms. The highest BCUT2D eigenvalue weighted by atomic mass is 19.3. The first-order valence-electron chi connectivity index (χ1n) is 11.1. The van der Waals surface area contributed by atoms with Gasteiger partial charge in [0, 0.05) is 0 Å². The van der Waals surface area contributed by atoms with Gasteiger partial charge in [0.25, 0.3) is 0 Å². The lowest BCUT2D eigenvalue weighted by Crippen LogP contribution is -2.21. The lowest BCUT2D eigenvalue weighted by molar-refractivity contribution is -0.0324. The number of hydrogen-bond acceptors (Lipinski definition) is 8. The number of esters is 2. The zero-order chi connectivity index (χ0) is 28.8. The summed E-state index contributed by atoms with van der Waals surface area (Å²) in [5.74, 6) is -1.89. The lowest BCUT2D eigenvalue weighted by atomic mass is 10.2. The van der Waals surface area contributed by atoms with Gasteiger partial charge in [-0.1, -0.05) is 0 Å². The van der Waals surface area contributed by atoms with Gasteiger partial charge in [0.05, 0.1) is 37.1 Å². The topological polar surface area (TPSA) is 89.5 Å². The van der Waals surface area contributed by atoms with Gasteiger partial charge in [-0.05, 0) is 55.5 Å². The minimum absolute atomic E-state index is 0.0373. The number of carbonyl (C=O) groups excluding carboxylic acids is 2. The van der Waals surface area contributed by atoms with E-state index < -0.39 is 42.2 Å². The third-order valence-electron chi connectivity index (χ3n) is 4.42. The summed E-state index contributed by atoms with van der Waals surface area (Å²) in [5, 5.41) is 0. The van der Waals surface area contributed by atoms with E-state index in [1.807, 2.05) is 0 Å². The molecule has 0 amide bonds. The monoisotopic (exact) mass is 564 g/mol. The van der Waals surface area contributed by atoms with Crippen molar-refractivity contribution in [1.82, 2.24) is 0 Å². The number of carbonyl (C=O) groups is 2. The molecule has 0 radical (unpaired) electrons. The third kappa shape index (κ3) is 11.5. The van der Waals surface area contributed by atoms with Crippen LogP contribution in [0.3, 0.4) is 0 Å². The van der Waals surface area contributed by atoms with Crippen molar-refractivity contribution in [3.8, 4) is 11.5 Å². The van der Waals surface area contributed by atoms with Crippen LogP contribution in [0.25, 0.3) is 0 Å². The number of hydrogen-bond donors (Lipinski definition) is 0. The Morgan fingerprint density at radius 2 is 1.05 bits per heavy atom. The van der Waals surface area contributed by atoms with E-state index in [0.29, 0.717) is 0 Å². The van der Waals surface area contributed by atoms with Crippen LogP contribution in [-0.4, -0.2) is 51.1 Å². The molecule has 212 valence electrons. The molecule has 1 atom stereocenters. The Balaban J connectivity index is 1.57. The van der Waals surface area contributed by atoms with E-state index in [9.17, 15) is 35.9 Å². The molecular weight excluding hydrogens is 542 g/mol. The second kappa shape index (κ2) is 16.0. The predicted octanol–water partition coefficient (Wildman–Crippen LogP) is 5.95. The second-order valence-electron chi connectivity index (χ2n) is 7.35. The van der Waals surface area contributed by atoms with Gasteiger partial charge in [-0.25, -0.2) is 9.59 Å². The van der Waals surface area contributed by atoms with E-state index in [4.69, 9.17) is 18.9 Å². The lowest BCUT2D eigenvalue weighted by Gasteiger charge is -2.14. The van der Waals surface area contributed by atoms with Crippen molar-refractivity contribution in [3.05, 3.63) is 83.8 Å². The SMILES string of the molecule is CC(COCCOC(=O)c1ccc(OC(F)=C(F)F)cc1)OCCOC(=O)c1ccc(OC(F)=C(F)F)cc1. The Hall–Kier alpha value is -4.04. The van der Waals surface area contributed by atoms with Gasteiger partial charge in [0.15, 0.2) is 0 Å². The van der Waals surface area contributed by atoms with E-state index >= 15 is 0 Å². The summed E-state index contributed by atoms with van der Waals surface area (Å²) in [6, 6.07) is 5.27. The van der Waals surface area contributed by atoms with Crippen LogP contribution in [0.2, 0.25) is 0 Å². The molecule has 0 saturated carbocycles. The summed E-state index contributed by atoms with van der Waals surface area (Å²) >= 11 is 0. The molecule has 0 spiro atoms. The van der Waals surface area contributed by atoms with Crippen LogP contribution in [0.5, 0.6) is 11.5 Å². The highest BCUT2D eigenvalue weighted by molar-refractivity contribution is 5.90. The molecule has 0 fully saturated rings. The molecule has 0 aliphatic carbocycles. The third-order valence-corrected chi connectivity index (χ3v) is 4.42. The van der Waals surface area contributed by atoms with E-state index in [2.05, 4.69) is 9.47 Å². The molecule has 0 heterocycles. The maximum Gasteiger partial charge on any atom is 0.344 e. The first-order valence-corrected chi connectivity index (χ1v) is 11.1. The molecule has 0 bridgehead atoms. The summed E-state index contributed by atoms with van der Waals surface area (Å²) in [6.45, 7) is 1.71. The molecule has 0 aliphatic rings. The van der Waals surface area contributed by atoms with Crippen molar-refractivity contribution in [1.29, 1.82) is 0 Å². The van der Waals surface area contributed by atoms with Gasteiger partial charge in [0.1, 0.15) is 24.7 Å². The minimum atomic E-state index is -2.61. The number of benzene rings is 2. The summed E-state index contributed by atoms with van der Waals surface area (Å²) in [6.07, 6.45) is -5.61. The smallest absolute Gasteiger partial charge is 0.344 e. The summed E-state index contributed by atoms with van der Waals surface area (Å²) in [4.78, 5) is 23.9. The summed E-state index contributed by atoms with van der Waals surface area (Å²) in [7, 11) is 0. The van der Waals surface area contributed by atoms with Crippen LogP contribution in [0, 0.1) is 0 Å². The van der Waals surface area contributed by atoms with E-state index in [-0.39, 0.29) is 55.7 Å². The molecule has 2 rings (SSSR count). The molecule has 39 heavy (non-hydrogen) atoms. The predicted molar refractivity (Wildman–Crippen MR) is 122 cm³/mol. The quantitative estimate of drug-likeness (QED) is 0.114. The average Bonchev–Trinajstić information content (AvgIpc) is 2.91. The van der Waals surface area contributed by atoms with Crippen LogP contribution in [-0.2, 0) is 18.9 Å². The van der Waals surface area contributed by atoms with Crippen LogP contribution in [0.1, 0.15) is 27.6 Å². The first kappa shape index (κ1) is 31.2. The van der Waals surface area contributed by atoms with Crippen LogP contribution >= 0.6 is 0 Å². The van der Waals surface area contributed by atoms with Crippen LogP contribution < -0.4 is 9.47 Å². The molecule has 0 saturated heterocycles. The van der Waals surface area contributed by atoms with Gasteiger partial charge in [-0.15, -0.1) is 0 Å². The molecule has 1 unspecified atom stereocenters. The molecule has 2 aromatic rings. The summed E-state index contributed by atoms with van der Waals surface area (Å²) in [5.41, 5.74) is 0.169. The number of ether oxygens (including phenoxy) is 6. The van der Waals surface area contributed by atoms with Gasteiger partial charge in [-0.2, -0.15) is 26.3 Å². The second-order valence-corrected chi connectivity index (χ2v) is 7.35.